The SMILES string of the molecule is C=C(C)C(=O)OC.C=CC1(Sc2nc3ccccc3s2)C=CC=CC1. The molecule has 1 aromatic carbocycles. The van der Waals surface area contributed by atoms with Gasteiger partial charge in [0.05, 0.1) is 22.1 Å². The van der Waals surface area contributed by atoms with Gasteiger partial charge in [-0.25, -0.2) is 9.78 Å². The summed E-state index contributed by atoms with van der Waals surface area (Å²) in [6.07, 6.45) is 11.6. The molecule has 25 heavy (non-hydrogen) atoms. The molecule has 0 aliphatic heterocycles. The van der Waals surface area contributed by atoms with Crippen molar-refractivity contribution in [3.63, 3.8) is 0 Å². The fourth-order valence-electron chi connectivity index (χ4n) is 2.12. The Morgan fingerprint density at radius 3 is 2.68 bits per heavy atom. The number of thiazole rings is 1. The number of aromatic nitrogens is 1. The first-order valence-electron chi connectivity index (χ1n) is 7.76. The Hall–Kier alpha value is -2.11. The predicted molar refractivity (Wildman–Crippen MR) is 108 cm³/mol. The smallest absolute Gasteiger partial charge is 0.332 e. The first kappa shape index (κ1) is 19.2. The third kappa shape index (κ3) is 5.18. The topological polar surface area (TPSA) is 39.2 Å². The number of ether oxygens (including phenoxy) is 1. The van der Waals surface area contributed by atoms with Crippen molar-refractivity contribution in [1.29, 1.82) is 0 Å². The maximum absolute atomic E-state index is 10.2. The molecule has 1 aliphatic carbocycles. The second kappa shape index (κ2) is 8.83. The molecule has 2 aromatic rings. The van der Waals surface area contributed by atoms with E-state index in [9.17, 15) is 4.79 Å². The van der Waals surface area contributed by atoms with Crippen molar-refractivity contribution in [3.05, 3.63) is 73.4 Å². The van der Waals surface area contributed by atoms with Gasteiger partial charge in [0.25, 0.3) is 0 Å². The number of hydrogen-bond acceptors (Lipinski definition) is 5. The van der Waals surface area contributed by atoms with Gasteiger partial charge in [-0.15, -0.1) is 17.9 Å². The van der Waals surface area contributed by atoms with Gasteiger partial charge in [0.15, 0.2) is 4.34 Å². The lowest BCUT2D eigenvalue weighted by Gasteiger charge is -2.25. The summed E-state index contributed by atoms with van der Waals surface area (Å²) in [5, 5.41) is 0. The molecule has 3 nitrogen and oxygen atoms in total. The molecule has 0 saturated heterocycles. The highest BCUT2D eigenvalue weighted by Gasteiger charge is 2.26. The number of rotatable bonds is 4. The van der Waals surface area contributed by atoms with E-state index in [-0.39, 0.29) is 10.7 Å². The molecule has 1 unspecified atom stereocenters. The number of benzene rings is 1. The summed E-state index contributed by atoms with van der Waals surface area (Å²) in [6.45, 7) is 8.93. The van der Waals surface area contributed by atoms with Crippen molar-refractivity contribution in [3.8, 4) is 0 Å². The van der Waals surface area contributed by atoms with E-state index in [1.54, 1.807) is 30.0 Å². The Kier molecular flexibility index (Phi) is 6.79. The van der Waals surface area contributed by atoms with Crippen LogP contribution < -0.4 is 0 Å². The first-order valence-corrected chi connectivity index (χ1v) is 9.39. The normalized spacial score (nSPS) is 18.3. The Morgan fingerprint density at radius 1 is 1.40 bits per heavy atom. The first-order chi connectivity index (χ1) is 12.0. The molecule has 0 N–H and O–H groups in total. The van der Waals surface area contributed by atoms with Crippen molar-refractivity contribution in [2.45, 2.75) is 22.4 Å². The molecule has 0 amide bonds. The van der Waals surface area contributed by atoms with Crippen molar-refractivity contribution >= 4 is 39.3 Å². The Bertz CT molecular complexity index is 802. The van der Waals surface area contributed by atoms with Gasteiger partial charge in [-0.05, 0) is 25.5 Å². The molecule has 0 bridgehead atoms. The minimum Gasteiger partial charge on any atom is -0.466 e. The minimum absolute atomic E-state index is 0.0391. The second-order valence-electron chi connectivity index (χ2n) is 5.47. The number of fused-ring (bicyclic) bond motifs is 1. The van der Waals surface area contributed by atoms with E-state index < -0.39 is 0 Å². The number of nitrogens with zero attached hydrogens (tertiary/aromatic N) is 1. The van der Waals surface area contributed by atoms with E-state index in [0.717, 1.165) is 16.3 Å². The lowest BCUT2D eigenvalue weighted by molar-refractivity contribution is -0.136. The van der Waals surface area contributed by atoms with Gasteiger partial charge >= 0.3 is 5.97 Å². The number of esters is 1. The van der Waals surface area contributed by atoms with Gasteiger partial charge < -0.3 is 4.74 Å². The molecule has 1 aliphatic rings. The molecule has 0 radical (unpaired) electrons. The third-order valence-electron chi connectivity index (χ3n) is 3.49. The third-order valence-corrected chi connectivity index (χ3v) is 5.94. The van der Waals surface area contributed by atoms with E-state index in [2.05, 4.69) is 65.4 Å². The fraction of sp³-hybridized carbons (Fsp3) is 0.200. The summed E-state index contributed by atoms with van der Waals surface area (Å²) < 4.78 is 6.59. The minimum atomic E-state index is -0.347. The van der Waals surface area contributed by atoms with Crippen LogP contribution in [-0.4, -0.2) is 22.8 Å². The van der Waals surface area contributed by atoms with Crippen molar-refractivity contribution in [2.24, 2.45) is 0 Å². The highest BCUT2D eigenvalue weighted by atomic mass is 32.2. The van der Waals surface area contributed by atoms with Crippen LogP contribution in [0.15, 0.2) is 77.7 Å². The van der Waals surface area contributed by atoms with Crippen LogP contribution in [-0.2, 0) is 9.53 Å². The van der Waals surface area contributed by atoms with Crippen LogP contribution in [0.3, 0.4) is 0 Å². The molecule has 0 fully saturated rings. The van der Waals surface area contributed by atoms with E-state index in [4.69, 9.17) is 0 Å². The summed E-state index contributed by atoms with van der Waals surface area (Å²) in [5.41, 5.74) is 1.52. The summed E-state index contributed by atoms with van der Waals surface area (Å²) >= 11 is 3.54. The molecule has 1 aromatic heterocycles. The molecular weight excluding hydrogens is 350 g/mol. The molecule has 3 rings (SSSR count). The summed E-state index contributed by atoms with van der Waals surface area (Å²) in [5.74, 6) is -0.347. The largest absolute Gasteiger partial charge is 0.466 e. The zero-order chi connectivity index (χ0) is 18.3. The number of carbonyl (C=O) groups excluding carboxylic acids is 1. The summed E-state index contributed by atoms with van der Waals surface area (Å²) in [7, 11) is 1.33. The van der Waals surface area contributed by atoms with Crippen molar-refractivity contribution in [2.75, 3.05) is 7.11 Å². The number of thioether (sulfide) groups is 1. The highest BCUT2D eigenvalue weighted by molar-refractivity contribution is 8.02. The van der Waals surface area contributed by atoms with Gasteiger partial charge in [0.1, 0.15) is 0 Å². The van der Waals surface area contributed by atoms with Crippen molar-refractivity contribution in [1.82, 2.24) is 4.98 Å². The average Bonchev–Trinajstić information content (AvgIpc) is 3.04. The highest BCUT2D eigenvalue weighted by Crippen LogP contribution is 2.42. The number of hydrogen-bond donors (Lipinski definition) is 0. The zero-order valence-electron chi connectivity index (χ0n) is 14.4. The van der Waals surface area contributed by atoms with Crippen LogP contribution in [0.1, 0.15) is 13.3 Å². The lowest BCUT2D eigenvalue weighted by atomic mass is 10.0. The van der Waals surface area contributed by atoms with Gasteiger partial charge in [-0.1, -0.05) is 60.9 Å². The van der Waals surface area contributed by atoms with E-state index in [1.165, 1.54) is 11.8 Å². The maximum atomic E-state index is 10.2. The Balaban J connectivity index is 0.000000277. The quantitative estimate of drug-likeness (QED) is 0.400. The fourth-order valence-corrected chi connectivity index (χ4v) is 4.59. The molecule has 0 saturated carbocycles. The van der Waals surface area contributed by atoms with E-state index >= 15 is 0 Å². The maximum Gasteiger partial charge on any atom is 0.332 e. The van der Waals surface area contributed by atoms with E-state index in [0.29, 0.717) is 5.57 Å². The average molecular weight is 372 g/mol. The molecule has 1 heterocycles. The van der Waals surface area contributed by atoms with Crippen LogP contribution in [0.4, 0.5) is 0 Å². The number of allylic oxidation sites excluding steroid dienone is 3. The predicted octanol–water partition coefficient (Wildman–Crippen LogP) is 5.56. The van der Waals surface area contributed by atoms with Crippen LogP contribution in [0.5, 0.6) is 0 Å². The molecular formula is C20H21NO2S2. The lowest BCUT2D eigenvalue weighted by Crippen LogP contribution is -2.18. The Morgan fingerprint density at radius 2 is 2.16 bits per heavy atom. The van der Waals surface area contributed by atoms with Gasteiger partial charge in [-0.3, -0.25) is 0 Å². The Labute approximate surface area is 156 Å². The standard InChI is InChI=1S/C15H13NS2.C5H8O2/c1-2-15(10-6-3-7-11-15)18-14-16-12-8-4-5-9-13(12)17-14;1-4(2)5(6)7-3/h2-10H,1,11H2;1H2,2-3H3. The summed E-state index contributed by atoms with van der Waals surface area (Å²) in [4.78, 5) is 14.9. The molecule has 5 heteroatoms. The number of para-hydroxylation sites is 1. The van der Waals surface area contributed by atoms with Gasteiger partial charge in [0, 0.05) is 5.57 Å². The van der Waals surface area contributed by atoms with Crippen LogP contribution >= 0.6 is 23.1 Å². The number of carbonyl (C=O) groups is 1. The van der Waals surface area contributed by atoms with Crippen LogP contribution in [0.2, 0.25) is 0 Å². The zero-order valence-corrected chi connectivity index (χ0v) is 16.0. The van der Waals surface area contributed by atoms with Crippen LogP contribution in [0.25, 0.3) is 10.2 Å². The number of methoxy groups -OCH3 is 1. The van der Waals surface area contributed by atoms with Crippen molar-refractivity contribution < 1.29 is 9.53 Å². The summed E-state index contributed by atoms with van der Waals surface area (Å²) in [6, 6.07) is 8.27. The van der Waals surface area contributed by atoms with Gasteiger partial charge in [0.2, 0.25) is 0 Å². The monoisotopic (exact) mass is 371 g/mol. The second-order valence-corrected chi connectivity index (χ2v) is 8.11. The van der Waals surface area contributed by atoms with E-state index in [1.807, 2.05) is 12.1 Å². The molecule has 0 spiro atoms. The van der Waals surface area contributed by atoms with Crippen LogP contribution in [0, 0.1) is 0 Å². The molecule has 1 atom stereocenters. The van der Waals surface area contributed by atoms with Gasteiger partial charge in [-0.2, -0.15) is 0 Å². The molecule has 130 valence electrons.